The van der Waals surface area contributed by atoms with Gasteiger partial charge in [0.05, 0.1) is 18.7 Å². The maximum absolute atomic E-state index is 11.2. The van der Waals surface area contributed by atoms with Gasteiger partial charge in [0.25, 0.3) is 0 Å². The molecule has 0 radical (unpaired) electrons. The van der Waals surface area contributed by atoms with Crippen LogP contribution >= 0.6 is 0 Å². The SMILES string of the molecule is COC(=O)C(C)Cc1c(C)noc1C. The highest BCUT2D eigenvalue weighted by Crippen LogP contribution is 2.17. The number of hydrogen-bond acceptors (Lipinski definition) is 4. The summed E-state index contributed by atoms with van der Waals surface area (Å²) in [5.41, 5.74) is 1.85. The lowest BCUT2D eigenvalue weighted by atomic mass is 10.0. The smallest absolute Gasteiger partial charge is 0.308 e. The van der Waals surface area contributed by atoms with Crippen LogP contribution in [0.3, 0.4) is 0 Å². The summed E-state index contributed by atoms with van der Waals surface area (Å²) in [6.45, 7) is 5.55. The number of aryl methyl sites for hydroxylation is 2. The van der Waals surface area contributed by atoms with E-state index < -0.39 is 0 Å². The van der Waals surface area contributed by atoms with E-state index in [-0.39, 0.29) is 11.9 Å². The number of hydrogen-bond donors (Lipinski definition) is 0. The lowest BCUT2D eigenvalue weighted by Gasteiger charge is -2.07. The number of carbonyl (C=O) groups excluding carboxylic acids is 1. The molecule has 0 saturated carbocycles. The van der Waals surface area contributed by atoms with Crippen LogP contribution in [0.15, 0.2) is 4.52 Å². The summed E-state index contributed by atoms with van der Waals surface area (Å²) in [4.78, 5) is 11.2. The monoisotopic (exact) mass is 197 g/mol. The third-order valence-electron chi connectivity index (χ3n) is 2.30. The van der Waals surface area contributed by atoms with Crippen LogP contribution in [-0.2, 0) is 16.0 Å². The number of rotatable bonds is 3. The van der Waals surface area contributed by atoms with Crippen LogP contribution in [0.1, 0.15) is 23.9 Å². The molecule has 4 heteroatoms. The quantitative estimate of drug-likeness (QED) is 0.691. The first-order valence-corrected chi connectivity index (χ1v) is 4.55. The van der Waals surface area contributed by atoms with Crippen molar-refractivity contribution in [3.05, 3.63) is 17.0 Å². The van der Waals surface area contributed by atoms with E-state index in [0.717, 1.165) is 17.0 Å². The molecule has 1 heterocycles. The number of carbonyl (C=O) groups is 1. The molecule has 0 aliphatic heterocycles. The van der Waals surface area contributed by atoms with Crippen LogP contribution in [0.25, 0.3) is 0 Å². The molecular formula is C10H15NO3. The third kappa shape index (κ3) is 2.13. The van der Waals surface area contributed by atoms with Crippen molar-refractivity contribution in [1.29, 1.82) is 0 Å². The Morgan fingerprint density at radius 3 is 2.64 bits per heavy atom. The van der Waals surface area contributed by atoms with Gasteiger partial charge in [-0.25, -0.2) is 0 Å². The number of methoxy groups -OCH3 is 1. The first kappa shape index (κ1) is 10.8. The van der Waals surface area contributed by atoms with Crippen LogP contribution in [0.5, 0.6) is 0 Å². The predicted octanol–water partition coefficient (Wildman–Crippen LogP) is 1.64. The van der Waals surface area contributed by atoms with Crippen LogP contribution in [-0.4, -0.2) is 18.2 Å². The molecule has 0 fully saturated rings. The summed E-state index contributed by atoms with van der Waals surface area (Å²) in [5, 5.41) is 3.83. The molecule has 0 bridgehead atoms. The van der Waals surface area contributed by atoms with Crippen molar-refractivity contribution in [2.75, 3.05) is 7.11 Å². The van der Waals surface area contributed by atoms with E-state index in [1.807, 2.05) is 20.8 Å². The Bertz CT molecular complexity index is 311. The summed E-state index contributed by atoms with van der Waals surface area (Å²) in [7, 11) is 1.40. The van der Waals surface area contributed by atoms with E-state index in [1.165, 1.54) is 7.11 Å². The Kier molecular flexibility index (Phi) is 3.28. The molecule has 0 aliphatic carbocycles. The second kappa shape index (κ2) is 4.26. The molecular weight excluding hydrogens is 182 g/mol. The van der Waals surface area contributed by atoms with Gasteiger partial charge in [0.15, 0.2) is 0 Å². The van der Waals surface area contributed by atoms with Gasteiger partial charge in [-0.3, -0.25) is 4.79 Å². The van der Waals surface area contributed by atoms with Crippen molar-refractivity contribution in [2.24, 2.45) is 5.92 Å². The highest BCUT2D eigenvalue weighted by Gasteiger charge is 2.18. The average Bonchev–Trinajstić information content (AvgIpc) is 2.48. The van der Waals surface area contributed by atoms with E-state index in [4.69, 9.17) is 4.52 Å². The lowest BCUT2D eigenvalue weighted by Crippen LogP contribution is -2.15. The van der Waals surface area contributed by atoms with Crippen LogP contribution in [0.2, 0.25) is 0 Å². The minimum Gasteiger partial charge on any atom is -0.469 e. The number of aromatic nitrogens is 1. The van der Waals surface area contributed by atoms with Gasteiger partial charge in [-0.15, -0.1) is 0 Å². The van der Waals surface area contributed by atoms with Gasteiger partial charge in [0, 0.05) is 5.56 Å². The normalized spacial score (nSPS) is 12.6. The second-order valence-corrected chi connectivity index (χ2v) is 3.43. The standard InChI is InChI=1S/C10H15NO3/c1-6(10(12)13-4)5-9-7(2)11-14-8(9)3/h6H,5H2,1-4H3. The van der Waals surface area contributed by atoms with Crippen molar-refractivity contribution in [3.63, 3.8) is 0 Å². The number of ether oxygens (including phenoxy) is 1. The summed E-state index contributed by atoms with van der Waals surface area (Å²) in [6, 6.07) is 0. The Morgan fingerprint density at radius 1 is 1.57 bits per heavy atom. The summed E-state index contributed by atoms with van der Waals surface area (Å²) in [6.07, 6.45) is 0.619. The molecule has 1 aromatic heterocycles. The Morgan fingerprint density at radius 2 is 2.21 bits per heavy atom. The molecule has 0 saturated heterocycles. The zero-order valence-corrected chi connectivity index (χ0v) is 8.96. The van der Waals surface area contributed by atoms with Gasteiger partial charge in [0.2, 0.25) is 0 Å². The molecule has 0 aliphatic rings. The van der Waals surface area contributed by atoms with Crippen molar-refractivity contribution < 1.29 is 14.1 Å². The molecule has 0 spiro atoms. The zero-order valence-electron chi connectivity index (χ0n) is 8.96. The Labute approximate surface area is 83.2 Å². The predicted molar refractivity (Wildman–Crippen MR) is 50.9 cm³/mol. The highest BCUT2D eigenvalue weighted by molar-refractivity contribution is 5.72. The fourth-order valence-electron chi connectivity index (χ4n) is 1.38. The van der Waals surface area contributed by atoms with Crippen molar-refractivity contribution >= 4 is 5.97 Å². The molecule has 14 heavy (non-hydrogen) atoms. The third-order valence-corrected chi connectivity index (χ3v) is 2.30. The maximum atomic E-state index is 11.2. The van der Waals surface area contributed by atoms with Crippen LogP contribution in [0.4, 0.5) is 0 Å². The number of esters is 1. The van der Waals surface area contributed by atoms with Gasteiger partial charge in [0.1, 0.15) is 5.76 Å². The molecule has 0 aromatic carbocycles. The lowest BCUT2D eigenvalue weighted by molar-refractivity contribution is -0.144. The summed E-state index contributed by atoms with van der Waals surface area (Å²) < 4.78 is 9.66. The van der Waals surface area contributed by atoms with E-state index in [1.54, 1.807) is 0 Å². The molecule has 0 amide bonds. The van der Waals surface area contributed by atoms with Crippen LogP contribution < -0.4 is 0 Å². The fourth-order valence-corrected chi connectivity index (χ4v) is 1.38. The van der Waals surface area contributed by atoms with Gasteiger partial charge >= 0.3 is 5.97 Å². The van der Waals surface area contributed by atoms with Crippen molar-refractivity contribution in [1.82, 2.24) is 5.16 Å². The zero-order chi connectivity index (χ0) is 10.7. The maximum Gasteiger partial charge on any atom is 0.308 e. The van der Waals surface area contributed by atoms with E-state index in [9.17, 15) is 4.79 Å². The molecule has 1 atom stereocenters. The minimum absolute atomic E-state index is 0.156. The van der Waals surface area contributed by atoms with E-state index in [0.29, 0.717) is 6.42 Å². The Balaban J connectivity index is 2.73. The topological polar surface area (TPSA) is 52.3 Å². The van der Waals surface area contributed by atoms with Gasteiger partial charge in [-0.1, -0.05) is 12.1 Å². The number of nitrogens with zero attached hydrogens (tertiary/aromatic N) is 1. The first-order valence-electron chi connectivity index (χ1n) is 4.55. The van der Waals surface area contributed by atoms with Gasteiger partial charge < -0.3 is 9.26 Å². The van der Waals surface area contributed by atoms with Crippen molar-refractivity contribution in [2.45, 2.75) is 27.2 Å². The molecule has 78 valence electrons. The largest absolute Gasteiger partial charge is 0.469 e. The molecule has 1 unspecified atom stereocenters. The molecule has 0 N–H and O–H groups in total. The molecule has 1 rings (SSSR count). The average molecular weight is 197 g/mol. The van der Waals surface area contributed by atoms with E-state index in [2.05, 4.69) is 9.89 Å². The highest BCUT2D eigenvalue weighted by atomic mass is 16.5. The molecule has 4 nitrogen and oxygen atoms in total. The van der Waals surface area contributed by atoms with E-state index >= 15 is 0 Å². The minimum atomic E-state index is -0.204. The second-order valence-electron chi connectivity index (χ2n) is 3.43. The molecule has 1 aromatic rings. The summed E-state index contributed by atoms with van der Waals surface area (Å²) in [5.74, 6) is 0.417. The first-order chi connectivity index (χ1) is 6.56. The fraction of sp³-hybridized carbons (Fsp3) is 0.600. The summed E-state index contributed by atoms with van der Waals surface area (Å²) >= 11 is 0. The van der Waals surface area contributed by atoms with Gasteiger partial charge in [-0.2, -0.15) is 0 Å². The Hall–Kier alpha value is -1.32. The van der Waals surface area contributed by atoms with Crippen molar-refractivity contribution in [3.8, 4) is 0 Å². The van der Waals surface area contributed by atoms with Crippen LogP contribution in [0, 0.1) is 19.8 Å². The van der Waals surface area contributed by atoms with Gasteiger partial charge in [-0.05, 0) is 20.3 Å².